The van der Waals surface area contributed by atoms with Crippen molar-refractivity contribution in [3.8, 4) is 11.1 Å². The van der Waals surface area contributed by atoms with Crippen LogP contribution in [0.2, 0.25) is 0 Å². The van der Waals surface area contributed by atoms with Crippen LogP contribution in [-0.4, -0.2) is 29.3 Å². The number of anilines is 1. The van der Waals surface area contributed by atoms with E-state index in [0.29, 0.717) is 16.8 Å². The third-order valence-electron chi connectivity index (χ3n) is 4.54. The Morgan fingerprint density at radius 2 is 1.63 bits per heavy atom. The highest BCUT2D eigenvalue weighted by atomic mass is 19.1. The summed E-state index contributed by atoms with van der Waals surface area (Å²) >= 11 is 0. The molecule has 0 saturated heterocycles. The van der Waals surface area contributed by atoms with Crippen LogP contribution in [0.1, 0.15) is 39.0 Å². The summed E-state index contributed by atoms with van der Waals surface area (Å²) in [4.78, 5) is 41.0. The smallest absolute Gasteiger partial charge is 0.340 e. The zero-order valence-corrected chi connectivity index (χ0v) is 16.8. The number of amides is 1. The Bertz CT molecular complexity index is 1100. The molecule has 6 nitrogen and oxygen atoms in total. The van der Waals surface area contributed by atoms with Crippen LogP contribution in [0.15, 0.2) is 48.5 Å². The number of H-pyrrole nitrogens is 1. The molecule has 154 valence electrons. The zero-order chi connectivity index (χ0) is 21.8. The summed E-state index contributed by atoms with van der Waals surface area (Å²) in [6, 6.07) is 12.3. The topological polar surface area (TPSA) is 88.3 Å². The second kappa shape index (κ2) is 8.73. The fraction of sp³-hybridized carbons (Fsp3) is 0.174. The predicted molar refractivity (Wildman–Crippen MR) is 111 cm³/mol. The van der Waals surface area contributed by atoms with E-state index in [-0.39, 0.29) is 23.6 Å². The highest BCUT2D eigenvalue weighted by Crippen LogP contribution is 2.32. The van der Waals surface area contributed by atoms with Crippen LogP contribution in [0.25, 0.3) is 11.1 Å². The number of nitrogens with one attached hydrogen (secondary N) is 2. The molecule has 1 amide bonds. The van der Waals surface area contributed by atoms with Gasteiger partial charge in [-0.05, 0) is 50.6 Å². The van der Waals surface area contributed by atoms with Gasteiger partial charge in [0.25, 0.3) is 11.7 Å². The molecule has 0 fully saturated rings. The summed E-state index contributed by atoms with van der Waals surface area (Å²) in [5.41, 5.74) is 2.81. The van der Waals surface area contributed by atoms with E-state index in [1.54, 1.807) is 26.0 Å². The lowest BCUT2D eigenvalue weighted by molar-refractivity contribution is -0.112. The first-order chi connectivity index (χ1) is 14.3. The lowest BCUT2D eigenvalue weighted by atomic mass is 9.97. The Hall–Kier alpha value is -3.74. The normalized spacial score (nSPS) is 10.5. The van der Waals surface area contributed by atoms with Crippen LogP contribution in [0.5, 0.6) is 0 Å². The summed E-state index contributed by atoms with van der Waals surface area (Å²) in [5.74, 6) is -2.81. The summed E-state index contributed by atoms with van der Waals surface area (Å²) < 4.78 is 18.2. The zero-order valence-electron chi connectivity index (χ0n) is 16.8. The van der Waals surface area contributed by atoms with Crippen molar-refractivity contribution < 1.29 is 23.5 Å². The van der Waals surface area contributed by atoms with E-state index >= 15 is 0 Å². The molecular weight excluding hydrogens is 387 g/mol. The molecule has 30 heavy (non-hydrogen) atoms. The van der Waals surface area contributed by atoms with Gasteiger partial charge in [0.2, 0.25) is 0 Å². The van der Waals surface area contributed by atoms with E-state index in [1.165, 1.54) is 24.3 Å². The molecule has 3 rings (SSSR count). The molecule has 1 heterocycles. The maximum atomic E-state index is 13.1. The average Bonchev–Trinajstić information content (AvgIpc) is 3.07. The van der Waals surface area contributed by atoms with Crippen molar-refractivity contribution in [3.63, 3.8) is 0 Å². The van der Waals surface area contributed by atoms with Crippen LogP contribution >= 0.6 is 0 Å². The van der Waals surface area contributed by atoms with Gasteiger partial charge in [-0.1, -0.05) is 29.8 Å². The van der Waals surface area contributed by atoms with Gasteiger partial charge in [-0.15, -0.1) is 0 Å². The molecule has 0 spiro atoms. The van der Waals surface area contributed by atoms with Crippen molar-refractivity contribution in [2.45, 2.75) is 20.8 Å². The van der Waals surface area contributed by atoms with Crippen molar-refractivity contribution in [2.75, 3.05) is 11.9 Å². The highest BCUT2D eigenvalue weighted by Gasteiger charge is 2.29. The number of ether oxygens (including phenoxy) is 1. The van der Waals surface area contributed by atoms with Crippen molar-refractivity contribution in [2.24, 2.45) is 0 Å². The Kier molecular flexibility index (Phi) is 6.11. The highest BCUT2D eigenvalue weighted by molar-refractivity contribution is 6.47. The monoisotopic (exact) mass is 408 g/mol. The fourth-order valence-corrected chi connectivity index (χ4v) is 3.10. The van der Waals surface area contributed by atoms with Gasteiger partial charge in [0.15, 0.2) is 0 Å². The Morgan fingerprint density at radius 1 is 1.00 bits per heavy atom. The van der Waals surface area contributed by atoms with Crippen molar-refractivity contribution >= 4 is 23.3 Å². The molecule has 7 heteroatoms. The number of esters is 1. The number of aromatic amines is 1. The van der Waals surface area contributed by atoms with Crippen LogP contribution in [0.3, 0.4) is 0 Å². The standard InChI is InChI=1S/C23H21FN2O4/c1-4-30-23(29)18-14(3)25-20(19(18)15-7-5-13(2)6-8-15)21(27)22(28)26-17-11-9-16(24)10-12-17/h5-12,25H,4H2,1-3H3,(H,26,28). The number of halogens is 1. The minimum Gasteiger partial charge on any atom is -0.462 e. The van der Waals surface area contributed by atoms with E-state index in [9.17, 15) is 18.8 Å². The second-order valence-corrected chi connectivity index (χ2v) is 6.75. The van der Waals surface area contributed by atoms with Gasteiger partial charge in [-0.2, -0.15) is 0 Å². The molecule has 0 aliphatic rings. The number of hydrogen-bond donors (Lipinski definition) is 2. The number of aromatic nitrogens is 1. The number of rotatable bonds is 6. The summed E-state index contributed by atoms with van der Waals surface area (Å²) in [5, 5.41) is 2.45. The Balaban J connectivity index is 2.04. The van der Waals surface area contributed by atoms with Crippen LogP contribution in [-0.2, 0) is 9.53 Å². The molecule has 0 radical (unpaired) electrons. The first kappa shape index (κ1) is 21.0. The number of carbonyl (C=O) groups excluding carboxylic acids is 3. The first-order valence-electron chi connectivity index (χ1n) is 9.39. The third kappa shape index (κ3) is 4.30. The van der Waals surface area contributed by atoms with Gasteiger partial charge in [-0.25, -0.2) is 9.18 Å². The van der Waals surface area contributed by atoms with Gasteiger partial charge < -0.3 is 15.0 Å². The largest absolute Gasteiger partial charge is 0.462 e. The quantitative estimate of drug-likeness (QED) is 0.359. The van der Waals surface area contributed by atoms with E-state index < -0.39 is 23.5 Å². The van der Waals surface area contributed by atoms with Gasteiger partial charge in [0, 0.05) is 16.9 Å². The Morgan fingerprint density at radius 3 is 2.23 bits per heavy atom. The molecule has 0 aliphatic carbocycles. The average molecular weight is 408 g/mol. The minimum absolute atomic E-state index is 0.0148. The van der Waals surface area contributed by atoms with Gasteiger partial charge >= 0.3 is 5.97 Å². The third-order valence-corrected chi connectivity index (χ3v) is 4.54. The van der Waals surface area contributed by atoms with Gasteiger partial charge in [-0.3, -0.25) is 9.59 Å². The van der Waals surface area contributed by atoms with Gasteiger partial charge in [0.05, 0.1) is 12.2 Å². The SMILES string of the molecule is CCOC(=O)c1c(C)[nH]c(C(=O)C(=O)Nc2ccc(F)cc2)c1-c1ccc(C)cc1. The molecule has 0 aliphatic heterocycles. The number of aryl methyl sites for hydroxylation is 2. The summed E-state index contributed by atoms with van der Waals surface area (Å²) in [7, 11) is 0. The Labute approximate surface area is 173 Å². The van der Waals surface area contributed by atoms with E-state index in [1.807, 2.05) is 19.1 Å². The van der Waals surface area contributed by atoms with Gasteiger partial charge in [0.1, 0.15) is 11.5 Å². The van der Waals surface area contributed by atoms with Crippen LogP contribution < -0.4 is 5.32 Å². The maximum absolute atomic E-state index is 13.1. The first-order valence-corrected chi connectivity index (χ1v) is 9.39. The number of benzene rings is 2. The lowest BCUT2D eigenvalue weighted by Gasteiger charge is -2.09. The van der Waals surface area contributed by atoms with E-state index in [4.69, 9.17) is 4.74 Å². The van der Waals surface area contributed by atoms with Crippen molar-refractivity contribution in [3.05, 3.63) is 76.9 Å². The second-order valence-electron chi connectivity index (χ2n) is 6.75. The molecule has 3 aromatic rings. The van der Waals surface area contributed by atoms with Crippen molar-refractivity contribution in [1.82, 2.24) is 4.98 Å². The number of carbonyl (C=O) groups is 3. The molecular formula is C23H21FN2O4. The van der Waals surface area contributed by atoms with E-state index in [0.717, 1.165) is 5.56 Å². The molecule has 0 saturated carbocycles. The molecule has 0 unspecified atom stereocenters. The fourth-order valence-electron chi connectivity index (χ4n) is 3.10. The number of Topliss-reactive ketones (excluding diaryl/α,β-unsaturated/α-hetero) is 1. The molecule has 0 bridgehead atoms. The number of hydrogen-bond acceptors (Lipinski definition) is 4. The van der Waals surface area contributed by atoms with E-state index in [2.05, 4.69) is 10.3 Å². The lowest BCUT2D eigenvalue weighted by Crippen LogP contribution is -2.24. The summed E-state index contributed by atoms with van der Waals surface area (Å²) in [6.07, 6.45) is 0. The number of ketones is 1. The molecule has 1 aromatic heterocycles. The maximum Gasteiger partial charge on any atom is 0.340 e. The molecule has 2 N–H and O–H groups in total. The predicted octanol–water partition coefficient (Wildman–Crippen LogP) is 4.44. The molecule has 2 aromatic carbocycles. The summed E-state index contributed by atoms with van der Waals surface area (Å²) in [6.45, 7) is 5.41. The van der Waals surface area contributed by atoms with Crippen LogP contribution in [0.4, 0.5) is 10.1 Å². The van der Waals surface area contributed by atoms with Crippen LogP contribution in [0, 0.1) is 19.7 Å². The van der Waals surface area contributed by atoms with Crippen molar-refractivity contribution in [1.29, 1.82) is 0 Å². The molecule has 0 atom stereocenters. The minimum atomic E-state index is -0.911.